The van der Waals surface area contributed by atoms with Gasteiger partial charge in [-0.25, -0.2) is 0 Å². The number of para-hydroxylation sites is 1. The predicted molar refractivity (Wildman–Crippen MR) is 91.6 cm³/mol. The number of nitrogens with one attached hydrogen (secondary N) is 1. The Kier molecular flexibility index (Phi) is 3.81. The molecule has 2 nitrogen and oxygen atoms in total. The van der Waals surface area contributed by atoms with Crippen LogP contribution in [0.3, 0.4) is 0 Å². The molecule has 1 unspecified atom stereocenters. The summed E-state index contributed by atoms with van der Waals surface area (Å²) in [7, 11) is 4.05. The van der Waals surface area contributed by atoms with Crippen LogP contribution in [0.4, 0.5) is 11.4 Å². The molecule has 0 aromatic heterocycles. The molecule has 3 heteroatoms. The quantitative estimate of drug-likeness (QED) is 0.875. The van der Waals surface area contributed by atoms with Gasteiger partial charge in [0.1, 0.15) is 0 Å². The molecular formula is C18H21ClN2. The largest absolute Gasteiger partial charge is 0.376 e. The lowest BCUT2D eigenvalue weighted by atomic mass is 10.0. The van der Waals surface area contributed by atoms with Crippen LogP contribution in [0.25, 0.3) is 0 Å². The van der Waals surface area contributed by atoms with Crippen LogP contribution < -0.4 is 10.2 Å². The Balaban J connectivity index is 1.93. The van der Waals surface area contributed by atoms with Crippen LogP contribution in [0, 0.1) is 6.92 Å². The molecule has 1 N–H and O–H groups in total. The molecule has 110 valence electrons. The third-order valence-electron chi connectivity index (χ3n) is 4.14. The van der Waals surface area contributed by atoms with Gasteiger partial charge in [0.05, 0.1) is 22.4 Å². The lowest BCUT2D eigenvalue weighted by Crippen LogP contribution is -2.15. The number of anilines is 2. The monoisotopic (exact) mass is 300 g/mol. The second-order valence-corrected chi connectivity index (χ2v) is 6.38. The van der Waals surface area contributed by atoms with E-state index in [1.807, 2.05) is 26.2 Å². The second-order valence-electron chi connectivity index (χ2n) is 5.97. The first-order chi connectivity index (χ1) is 10.1. The Morgan fingerprint density at radius 2 is 2.00 bits per heavy atom. The van der Waals surface area contributed by atoms with Crippen molar-refractivity contribution in [1.29, 1.82) is 0 Å². The standard InChI is InChI=1S/C18H21ClN2/c1-12-7-8-13-9-10-16(14(13)11-12)20-17-6-4-5-15(19)18(17)21(2)3/h4-8,11,16,20H,9-10H2,1-3H3. The summed E-state index contributed by atoms with van der Waals surface area (Å²) in [5, 5.41) is 4.47. The van der Waals surface area contributed by atoms with Crippen molar-refractivity contribution in [3.63, 3.8) is 0 Å². The minimum absolute atomic E-state index is 0.372. The van der Waals surface area contributed by atoms with Gasteiger partial charge in [0.2, 0.25) is 0 Å². The van der Waals surface area contributed by atoms with Gasteiger partial charge in [-0.2, -0.15) is 0 Å². The fourth-order valence-corrected chi connectivity index (χ4v) is 3.49. The number of rotatable bonds is 3. The van der Waals surface area contributed by atoms with Crippen molar-refractivity contribution in [2.45, 2.75) is 25.8 Å². The van der Waals surface area contributed by atoms with E-state index in [0.717, 1.165) is 29.2 Å². The van der Waals surface area contributed by atoms with Crippen LogP contribution in [-0.2, 0) is 6.42 Å². The average molecular weight is 301 g/mol. The smallest absolute Gasteiger partial charge is 0.0786 e. The minimum Gasteiger partial charge on any atom is -0.376 e. The highest BCUT2D eigenvalue weighted by Crippen LogP contribution is 2.39. The first kappa shape index (κ1) is 14.3. The summed E-state index contributed by atoms with van der Waals surface area (Å²) in [6, 6.07) is 13.2. The Morgan fingerprint density at radius 1 is 1.19 bits per heavy atom. The molecule has 2 aromatic carbocycles. The van der Waals surface area contributed by atoms with Crippen molar-refractivity contribution in [2.75, 3.05) is 24.3 Å². The molecule has 3 rings (SSSR count). The first-order valence-electron chi connectivity index (χ1n) is 7.38. The zero-order valence-electron chi connectivity index (χ0n) is 12.8. The van der Waals surface area contributed by atoms with E-state index in [4.69, 9.17) is 11.6 Å². The van der Waals surface area contributed by atoms with Crippen LogP contribution in [0.2, 0.25) is 5.02 Å². The van der Waals surface area contributed by atoms with Gasteiger partial charge in [-0.15, -0.1) is 0 Å². The number of benzene rings is 2. The summed E-state index contributed by atoms with van der Waals surface area (Å²) in [6.07, 6.45) is 2.28. The second kappa shape index (κ2) is 5.61. The fourth-order valence-electron chi connectivity index (χ4n) is 3.15. The lowest BCUT2D eigenvalue weighted by molar-refractivity contribution is 0.761. The molecule has 0 fully saturated rings. The Hall–Kier alpha value is -1.67. The number of fused-ring (bicyclic) bond motifs is 1. The summed E-state index contributed by atoms with van der Waals surface area (Å²) in [6.45, 7) is 2.15. The van der Waals surface area contributed by atoms with Gasteiger partial charge in [-0.05, 0) is 43.0 Å². The minimum atomic E-state index is 0.372. The molecule has 2 aromatic rings. The van der Waals surface area contributed by atoms with E-state index >= 15 is 0 Å². The summed E-state index contributed by atoms with van der Waals surface area (Å²) in [4.78, 5) is 2.07. The number of hydrogen-bond acceptors (Lipinski definition) is 2. The zero-order chi connectivity index (χ0) is 15.0. The van der Waals surface area contributed by atoms with E-state index in [0.29, 0.717) is 6.04 Å². The van der Waals surface area contributed by atoms with Crippen LogP contribution in [0.5, 0.6) is 0 Å². The Bertz CT molecular complexity index is 664. The maximum Gasteiger partial charge on any atom is 0.0786 e. The molecule has 1 atom stereocenters. The molecule has 1 aliphatic carbocycles. The molecule has 0 amide bonds. The highest BCUT2D eigenvalue weighted by atomic mass is 35.5. The number of halogens is 1. The third-order valence-corrected chi connectivity index (χ3v) is 4.45. The van der Waals surface area contributed by atoms with E-state index < -0.39 is 0 Å². The molecule has 21 heavy (non-hydrogen) atoms. The Labute approximate surface area is 131 Å². The van der Waals surface area contributed by atoms with Gasteiger partial charge >= 0.3 is 0 Å². The first-order valence-corrected chi connectivity index (χ1v) is 7.76. The van der Waals surface area contributed by atoms with Crippen molar-refractivity contribution < 1.29 is 0 Å². The van der Waals surface area contributed by atoms with Crippen molar-refractivity contribution in [2.24, 2.45) is 0 Å². The van der Waals surface area contributed by atoms with Crippen LogP contribution >= 0.6 is 11.6 Å². The highest BCUT2D eigenvalue weighted by molar-refractivity contribution is 6.34. The van der Waals surface area contributed by atoms with Crippen LogP contribution in [0.15, 0.2) is 36.4 Å². The van der Waals surface area contributed by atoms with Gasteiger partial charge in [-0.1, -0.05) is 41.4 Å². The third kappa shape index (κ3) is 2.73. The zero-order valence-corrected chi connectivity index (χ0v) is 13.5. The average Bonchev–Trinajstić information content (AvgIpc) is 2.81. The lowest BCUT2D eigenvalue weighted by Gasteiger charge is -2.23. The van der Waals surface area contributed by atoms with Gasteiger partial charge in [-0.3, -0.25) is 0 Å². The van der Waals surface area contributed by atoms with Crippen molar-refractivity contribution in [1.82, 2.24) is 0 Å². The topological polar surface area (TPSA) is 15.3 Å². The normalized spacial score (nSPS) is 16.7. The molecule has 0 radical (unpaired) electrons. The molecule has 0 saturated carbocycles. The molecule has 0 heterocycles. The molecule has 0 bridgehead atoms. The molecule has 0 spiro atoms. The van der Waals surface area contributed by atoms with E-state index in [1.165, 1.54) is 16.7 Å². The SMILES string of the molecule is Cc1ccc2c(c1)C(Nc1cccc(Cl)c1N(C)C)CC2. The van der Waals surface area contributed by atoms with Gasteiger partial charge in [0, 0.05) is 14.1 Å². The number of hydrogen-bond donors (Lipinski definition) is 1. The molecule has 0 aliphatic heterocycles. The van der Waals surface area contributed by atoms with Gasteiger partial charge in [0.25, 0.3) is 0 Å². The Morgan fingerprint density at radius 3 is 2.76 bits per heavy atom. The molecule has 0 saturated heterocycles. The van der Waals surface area contributed by atoms with Crippen molar-refractivity contribution in [3.05, 3.63) is 58.1 Å². The van der Waals surface area contributed by atoms with Crippen molar-refractivity contribution >= 4 is 23.0 Å². The molecular weight excluding hydrogens is 280 g/mol. The maximum atomic E-state index is 6.35. The van der Waals surface area contributed by atoms with E-state index in [1.54, 1.807) is 0 Å². The maximum absolute atomic E-state index is 6.35. The predicted octanol–water partition coefficient (Wildman–Crippen LogP) is 4.81. The van der Waals surface area contributed by atoms with Crippen molar-refractivity contribution in [3.8, 4) is 0 Å². The van der Waals surface area contributed by atoms with Gasteiger partial charge < -0.3 is 10.2 Å². The van der Waals surface area contributed by atoms with Gasteiger partial charge in [0.15, 0.2) is 0 Å². The summed E-state index contributed by atoms with van der Waals surface area (Å²) < 4.78 is 0. The van der Waals surface area contributed by atoms with E-state index in [-0.39, 0.29) is 0 Å². The highest BCUT2D eigenvalue weighted by Gasteiger charge is 2.23. The molecule has 1 aliphatic rings. The number of aryl methyl sites for hydroxylation is 2. The number of nitrogens with zero attached hydrogens (tertiary/aromatic N) is 1. The fraction of sp³-hybridized carbons (Fsp3) is 0.333. The van der Waals surface area contributed by atoms with Crippen LogP contribution in [-0.4, -0.2) is 14.1 Å². The summed E-state index contributed by atoms with van der Waals surface area (Å²) in [5.74, 6) is 0. The summed E-state index contributed by atoms with van der Waals surface area (Å²) in [5.41, 5.74) is 6.37. The van der Waals surface area contributed by atoms with Crippen LogP contribution in [0.1, 0.15) is 29.2 Å². The van der Waals surface area contributed by atoms with E-state index in [9.17, 15) is 0 Å². The van der Waals surface area contributed by atoms with E-state index in [2.05, 4.69) is 41.4 Å². The summed E-state index contributed by atoms with van der Waals surface area (Å²) >= 11 is 6.35.